The molecular formula is C25H19FN4O4S. The summed E-state index contributed by atoms with van der Waals surface area (Å²) in [5.74, 6) is -1.60. The minimum absolute atomic E-state index is 0.0987. The van der Waals surface area contributed by atoms with E-state index in [4.69, 9.17) is 4.42 Å². The van der Waals surface area contributed by atoms with Crippen LogP contribution in [-0.2, 0) is 9.59 Å². The third kappa shape index (κ3) is 5.87. The quantitative estimate of drug-likeness (QED) is 0.335. The Hall–Kier alpha value is -4.57. The number of hydrogen-bond donors (Lipinski definition) is 2. The lowest BCUT2D eigenvalue weighted by molar-refractivity contribution is -0.116. The van der Waals surface area contributed by atoms with E-state index in [1.165, 1.54) is 48.4 Å². The van der Waals surface area contributed by atoms with E-state index in [0.717, 1.165) is 11.3 Å². The van der Waals surface area contributed by atoms with E-state index in [-0.39, 0.29) is 16.6 Å². The molecule has 0 saturated carbocycles. The molecule has 3 amide bonds. The van der Waals surface area contributed by atoms with Gasteiger partial charge in [-0.2, -0.15) is 0 Å². The summed E-state index contributed by atoms with van der Waals surface area (Å²) in [5.41, 5.74) is 1.48. The van der Waals surface area contributed by atoms with Crippen LogP contribution in [0.25, 0.3) is 6.08 Å². The lowest BCUT2D eigenvalue weighted by Crippen LogP contribution is -2.23. The zero-order chi connectivity index (χ0) is 24.8. The van der Waals surface area contributed by atoms with Crippen molar-refractivity contribution in [2.24, 2.45) is 0 Å². The van der Waals surface area contributed by atoms with Gasteiger partial charge in [-0.15, -0.1) is 11.3 Å². The lowest BCUT2D eigenvalue weighted by Gasteiger charge is -2.18. The molecule has 2 heterocycles. The van der Waals surface area contributed by atoms with Crippen molar-refractivity contribution in [3.8, 4) is 0 Å². The number of nitrogens with zero attached hydrogens (tertiary/aromatic N) is 2. The smallest absolute Gasteiger partial charge is 0.291 e. The summed E-state index contributed by atoms with van der Waals surface area (Å²) in [4.78, 5) is 42.2. The van der Waals surface area contributed by atoms with Gasteiger partial charge in [-0.3, -0.25) is 19.3 Å². The van der Waals surface area contributed by atoms with Gasteiger partial charge in [0.25, 0.3) is 5.91 Å². The summed E-state index contributed by atoms with van der Waals surface area (Å²) in [6, 6.07) is 15.7. The first-order chi connectivity index (χ1) is 16.9. The normalized spacial score (nSPS) is 10.8. The second-order valence-corrected chi connectivity index (χ2v) is 8.03. The zero-order valence-electron chi connectivity index (χ0n) is 18.4. The van der Waals surface area contributed by atoms with Gasteiger partial charge in [-0.05, 0) is 48.5 Å². The van der Waals surface area contributed by atoms with Crippen molar-refractivity contribution < 1.29 is 23.2 Å². The summed E-state index contributed by atoms with van der Waals surface area (Å²) in [6.45, 7) is 1.32. The van der Waals surface area contributed by atoms with Crippen LogP contribution in [-0.4, -0.2) is 22.7 Å². The third-order valence-electron chi connectivity index (χ3n) is 4.65. The van der Waals surface area contributed by atoms with E-state index < -0.39 is 23.5 Å². The molecule has 0 radical (unpaired) electrons. The number of nitrogens with one attached hydrogen (secondary N) is 2. The van der Waals surface area contributed by atoms with E-state index in [1.807, 2.05) is 0 Å². The Morgan fingerprint density at radius 1 is 1.03 bits per heavy atom. The van der Waals surface area contributed by atoms with E-state index in [2.05, 4.69) is 15.6 Å². The minimum Gasteiger partial charge on any atom is -0.459 e. The van der Waals surface area contributed by atoms with Crippen LogP contribution in [0, 0.1) is 5.82 Å². The third-order valence-corrected chi connectivity index (χ3v) is 5.49. The van der Waals surface area contributed by atoms with Crippen LogP contribution < -0.4 is 15.5 Å². The number of amides is 3. The van der Waals surface area contributed by atoms with Crippen LogP contribution in [0.4, 0.5) is 26.6 Å². The summed E-state index contributed by atoms with van der Waals surface area (Å²) in [5, 5.41) is 7.32. The van der Waals surface area contributed by atoms with E-state index >= 15 is 0 Å². The Labute approximate surface area is 203 Å². The molecule has 2 N–H and O–H groups in total. The number of hydrogen-bond acceptors (Lipinski definition) is 6. The van der Waals surface area contributed by atoms with Crippen LogP contribution in [0.1, 0.15) is 23.2 Å². The molecular weight excluding hydrogens is 471 g/mol. The van der Waals surface area contributed by atoms with Crippen molar-refractivity contribution >= 4 is 57.3 Å². The number of halogens is 1. The predicted octanol–water partition coefficient (Wildman–Crippen LogP) is 5.46. The molecule has 0 saturated heterocycles. The molecule has 176 valence electrons. The molecule has 0 aliphatic carbocycles. The minimum atomic E-state index is -0.544. The second kappa shape index (κ2) is 10.6. The fourth-order valence-corrected chi connectivity index (χ4v) is 3.96. The molecule has 0 aliphatic heterocycles. The van der Waals surface area contributed by atoms with E-state index in [9.17, 15) is 18.8 Å². The van der Waals surface area contributed by atoms with Crippen molar-refractivity contribution in [2.75, 3.05) is 15.5 Å². The number of thiazole rings is 1. The number of benzene rings is 2. The van der Waals surface area contributed by atoms with E-state index in [0.29, 0.717) is 17.1 Å². The number of rotatable bonds is 7. The van der Waals surface area contributed by atoms with Crippen molar-refractivity contribution in [1.82, 2.24) is 4.98 Å². The number of anilines is 4. The van der Waals surface area contributed by atoms with Crippen molar-refractivity contribution in [2.45, 2.75) is 6.92 Å². The van der Waals surface area contributed by atoms with Crippen LogP contribution in [0.2, 0.25) is 0 Å². The molecule has 8 nitrogen and oxygen atoms in total. The SMILES string of the molecule is CC(=O)N(c1nc(/C=C/C(=O)Nc2cccc(NC(=O)c3ccco3)c2)cs1)c1ccccc1F. The molecule has 0 spiro atoms. The summed E-state index contributed by atoms with van der Waals surface area (Å²) in [7, 11) is 0. The molecule has 4 rings (SSSR count). The maximum absolute atomic E-state index is 14.2. The van der Waals surface area contributed by atoms with Crippen LogP contribution in [0.5, 0.6) is 0 Å². The van der Waals surface area contributed by atoms with Gasteiger partial charge < -0.3 is 15.1 Å². The molecule has 4 aromatic rings. The summed E-state index contributed by atoms with van der Waals surface area (Å²) >= 11 is 1.15. The predicted molar refractivity (Wildman–Crippen MR) is 132 cm³/mol. The fraction of sp³-hybridized carbons (Fsp3) is 0.0400. The maximum atomic E-state index is 14.2. The number of para-hydroxylation sites is 1. The highest BCUT2D eigenvalue weighted by Gasteiger charge is 2.20. The monoisotopic (exact) mass is 490 g/mol. The zero-order valence-corrected chi connectivity index (χ0v) is 19.2. The highest BCUT2D eigenvalue weighted by molar-refractivity contribution is 7.14. The average molecular weight is 491 g/mol. The first-order valence-electron chi connectivity index (χ1n) is 10.4. The van der Waals surface area contributed by atoms with Gasteiger partial charge in [-0.25, -0.2) is 9.37 Å². The number of furan rings is 1. The average Bonchev–Trinajstić information content (AvgIpc) is 3.52. The van der Waals surface area contributed by atoms with Gasteiger partial charge >= 0.3 is 0 Å². The van der Waals surface area contributed by atoms with Gasteiger partial charge in [0.15, 0.2) is 10.9 Å². The van der Waals surface area contributed by atoms with Crippen LogP contribution in [0.15, 0.2) is 82.8 Å². The Morgan fingerprint density at radius 3 is 2.51 bits per heavy atom. The van der Waals surface area contributed by atoms with Crippen molar-refractivity contribution in [3.63, 3.8) is 0 Å². The van der Waals surface area contributed by atoms with Gasteiger partial charge in [0, 0.05) is 29.8 Å². The van der Waals surface area contributed by atoms with Crippen LogP contribution in [0.3, 0.4) is 0 Å². The molecule has 2 aromatic carbocycles. The van der Waals surface area contributed by atoms with Gasteiger partial charge in [0.1, 0.15) is 5.82 Å². The molecule has 0 bridgehead atoms. The maximum Gasteiger partial charge on any atom is 0.291 e. The molecule has 0 aliphatic rings. The van der Waals surface area contributed by atoms with Crippen molar-refractivity contribution in [1.29, 1.82) is 0 Å². The Morgan fingerprint density at radius 2 is 1.80 bits per heavy atom. The van der Waals surface area contributed by atoms with Crippen molar-refractivity contribution in [3.05, 3.63) is 95.7 Å². The topological polar surface area (TPSA) is 105 Å². The fourth-order valence-electron chi connectivity index (χ4n) is 3.12. The molecule has 0 fully saturated rings. The molecule has 2 aromatic heterocycles. The lowest BCUT2D eigenvalue weighted by atomic mass is 10.2. The number of carbonyl (C=O) groups is 3. The largest absolute Gasteiger partial charge is 0.459 e. The second-order valence-electron chi connectivity index (χ2n) is 7.20. The van der Waals surface area contributed by atoms with Gasteiger partial charge in [0.05, 0.1) is 17.6 Å². The highest BCUT2D eigenvalue weighted by Crippen LogP contribution is 2.31. The Balaban J connectivity index is 1.41. The molecule has 0 unspecified atom stereocenters. The first-order valence-corrected chi connectivity index (χ1v) is 11.2. The number of aromatic nitrogens is 1. The van der Waals surface area contributed by atoms with Gasteiger partial charge in [-0.1, -0.05) is 18.2 Å². The highest BCUT2D eigenvalue weighted by atomic mass is 32.1. The van der Waals surface area contributed by atoms with E-state index in [1.54, 1.807) is 47.8 Å². The van der Waals surface area contributed by atoms with Gasteiger partial charge in [0.2, 0.25) is 11.8 Å². The summed E-state index contributed by atoms with van der Waals surface area (Å²) in [6.07, 6.45) is 4.17. The standard InChI is InChI=1S/C25H19FN4O4S/c1-16(31)30(21-9-3-2-8-20(21)26)25-29-19(15-35-25)11-12-23(32)27-17-6-4-7-18(14-17)28-24(33)22-10-5-13-34-22/h2-15H,1H3,(H,27,32)(H,28,33)/b12-11+. The Bertz CT molecular complexity index is 1400. The first kappa shape index (κ1) is 23.6. The molecule has 10 heteroatoms. The molecule has 35 heavy (non-hydrogen) atoms. The summed E-state index contributed by atoms with van der Waals surface area (Å²) < 4.78 is 19.3. The van der Waals surface area contributed by atoms with Crippen LogP contribution >= 0.6 is 11.3 Å². The number of carbonyl (C=O) groups excluding carboxylic acids is 3. The molecule has 0 atom stereocenters. The Kier molecular flexibility index (Phi) is 7.12.